The molecule has 23 heavy (non-hydrogen) atoms. The molecule has 3 aromatic rings. The SMILES string of the molecule is Cc1ccc(S(=O)(=O)Oc2ccccc2C#N)c2cccnc12. The van der Waals surface area contributed by atoms with Crippen LogP contribution in [0, 0.1) is 18.3 Å². The number of benzene rings is 2. The zero-order chi connectivity index (χ0) is 16.4. The van der Waals surface area contributed by atoms with Gasteiger partial charge in [-0.15, -0.1) is 0 Å². The summed E-state index contributed by atoms with van der Waals surface area (Å²) in [7, 11) is -4.08. The third-order valence-corrected chi connectivity index (χ3v) is 4.70. The lowest BCUT2D eigenvalue weighted by atomic mass is 10.1. The Hall–Kier alpha value is -2.91. The number of pyridine rings is 1. The van der Waals surface area contributed by atoms with E-state index in [2.05, 4.69) is 4.98 Å². The minimum Gasteiger partial charge on any atom is -0.378 e. The van der Waals surface area contributed by atoms with E-state index in [4.69, 9.17) is 9.44 Å². The summed E-state index contributed by atoms with van der Waals surface area (Å²) in [5.41, 5.74) is 1.63. The fraction of sp³-hybridized carbons (Fsp3) is 0.0588. The first kappa shape index (κ1) is 15.0. The van der Waals surface area contributed by atoms with Crippen LogP contribution in [0.4, 0.5) is 0 Å². The molecule has 6 heteroatoms. The van der Waals surface area contributed by atoms with Gasteiger partial charge in [-0.2, -0.15) is 13.7 Å². The molecule has 0 unspecified atom stereocenters. The minimum atomic E-state index is -4.08. The van der Waals surface area contributed by atoms with Gasteiger partial charge < -0.3 is 4.18 Å². The second kappa shape index (κ2) is 5.71. The van der Waals surface area contributed by atoms with Crippen molar-refractivity contribution in [1.82, 2.24) is 4.98 Å². The topological polar surface area (TPSA) is 80.0 Å². The molecule has 114 valence electrons. The average molecular weight is 324 g/mol. The van der Waals surface area contributed by atoms with E-state index in [1.807, 2.05) is 13.0 Å². The van der Waals surface area contributed by atoms with Crippen molar-refractivity contribution in [3.05, 3.63) is 65.9 Å². The van der Waals surface area contributed by atoms with Crippen LogP contribution in [0.2, 0.25) is 0 Å². The molecule has 0 radical (unpaired) electrons. The molecule has 1 aromatic heterocycles. The molecular formula is C17H12N2O3S. The van der Waals surface area contributed by atoms with E-state index in [0.717, 1.165) is 5.56 Å². The zero-order valence-electron chi connectivity index (χ0n) is 12.2. The summed E-state index contributed by atoms with van der Waals surface area (Å²) >= 11 is 0. The molecule has 0 aliphatic carbocycles. The first-order chi connectivity index (χ1) is 11.0. The predicted octanol–water partition coefficient (Wildman–Crippen LogP) is 3.18. The van der Waals surface area contributed by atoms with Gasteiger partial charge in [0.2, 0.25) is 0 Å². The molecule has 0 N–H and O–H groups in total. The summed E-state index contributed by atoms with van der Waals surface area (Å²) in [6.45, 7) is 1.86. The van der Waals surface area contributed by atoms with E-state index < -0.39 is 10.1 Å². The number of rotatable bonds is 3. The molecule has 3 rings (SSSR count). The van der Waals surface area contributed by atoms with E-state index in [-0.39, 0.29) is 16.2 Å². The molecular weight excluding hydrogens is 312 g/mol. The molecule has 0 spiro atoms. The smallest absolute Gasteiger partial charge is 0.339 e. The number of fused-ring (bicyclic) bond motifs is 1. The maximum absolute atomic E-state index is 12.6. The second-order valence-electron chi connectivity index (χ2n) is 4.93. The van der Waals surface area contributed by atoms with Crippen molar-refractivity contribution in [2.75, 3.05) is 0 Å². The Balaban J connectivity index is 2.15. The maximum Gasteiger partial charge on any atom is 0.339 e. The van der Waals surface area contributed by atoms with E-state index in [1.165, 1.54) is 18.2 Å². The Bertz CT molecular complexity index is 1040. The highest BCUT2D eigenvalue weighted by molar-refractivity contribution is 7.87. The summed E-state index contributed by atoms with van der Waals surface area (Å²) in [6, 6.07) is 14.6. The van der Waals surface area contributed by atoms with Crippen LogP contribution in [-0.2, 0) is 10.1 Å². The van der Waals surface area contributed by atoms with Crippen molar-refractivity contribution in [2.24, 2.45) is 0 Å². The number of nitrogens with zero attached hydrogens (tertiary/aromatic N) is 2. The van der Waals surface area contributed by atoms with Gasteiger partial charge >= 0.3 is 10.1 Å². The number of para-hydroxylation sites is 1. The molecule has 0 aliphatic heterocycles. The molecule has 0 fully saturated rings. The number of hydrogen-bond donors (Lipinski definition) is 0. The van der Waals surface area contributed by atoms with Gasteiger partial charge in [-0.25, -0.2) is 0 Å². The Morgan fingerprint density at radius 3 is 2.65 bits per heavy atom. The Morgan fingerprint density at radius 1 is 1.09 bits per heavy atom. The molecule has 0 saturated heterocycles. The van der Waals surface area contributed by atoms with E-state index in [0.29, 0.717) is 10.9 Å². The van der Waals surface area contributed by atoms with E-state index in [9.17, 15) is 8.42 Å². The van der Waals surface area contributed by atoms with E-state index >= 15 is 0 Å². The van der Waals surface area contributed by atoms with Crippen LogP contribution in [-0.4, -0.2) is 13.4 Å². The summed E-state index contributed by atoms with van der Waals surface area (Å²) in [6.07, 6.45) is 1.61. The Kier molecular flexibility index (Phi) is 3.72. The molecule has 1 heterocycles. The number of aryl methyl sites for hydroxylation is 1. The first-order valence-electron chi connectivity index (χ1n) is 6.81. The van der Waals surface area contributed by atoms with Crippen molar-refractivity contribution in [1.29, 1.82) is 5.26 Å². The predicted molar refractivity (Wildman–Crippen MR) is 85.5 cm³/mol. The molecule has 0 aliphatic rings. The highest BCUT2D eigenvalue weighted by Gasteiger charge is 2.22. The Labute approximate surface area is 133 Å². The molecule has 0 bridgehead atoms. The molecule has 5 nitrogen and oxygen atoms in total. The van der Waals surface area contributed by atoms with Gasteiger partial charge in [-0.3, -0.25) is 4.98 Å². The second-order valence-corrected chi connectivity index (χ2v) is 6.44. The van der Waals surface area contributed by atoms with Gasteiger partial charge in [0.15, 0.2) is 5.75 Å². The fourth-order valence-corrected chi connectivity index (χ4v) is 3.44. The Morgan fingerprint density at radius 2 is 1.87 bits per heavy atom. The lowest BCUT2D eigenvalue weighted by molar-refractivity contribution is 0.486. The third kappa shape index (κ3) is 2.74. The largest absolute Gasteiger partial charge is 0.378 e. The number of nitriles is 1. The minimum absolute atomic E-state index is 0.00705. The third-order valence-electron chi connectivity index (χ3n) is 3.41. The highest BCUT2D eigenvalue weighted by atomic mass is 32.2. The van der Waals surface area contributed by atoms with Crippen LogP contribution >= 0.6 is 0 Å². The van der Waals surface area contributed by atoms with Crippen molar-refractivity contribution in [3.63, 3.8) is 0 Å². The molecule has 0 saturated carbocycles. The monoisotopic (exact) mass is 324 g/mol. The summed E-state index contributed by atoms with van der Waals surface area (Å²) < 4.78 is 30.5. The standard InChI is InChI=1S/C17H12N2O3S/c1-12-8-9-16(14-6-4-10-19-17(12)14)23(20,21)22-15-7-3-2-5-13(15)11-18/h2-10H,1H3. The summed E-state index contributed by atoms with van der Waals surface area (Å²) in [5.74, 6) is 0.00705. The van der Waals surface area contributed by atoms with Crippen LogP contribution in [0.3, 0.4) is 0 Å². The van der Waals surface area contributed by atoms with Crippen LogP contribution in [0.15, 0.2) is 59.6 Å². The fourth-order valence-electron chi connectivity index (χ4n) is 2.30. The first-order valence-corrected chi connectivity index (χ1v) is 8.22. The maximum atomic E-state index is 12.6. The summed E-state index contributed by atoms with van der Waals surface area (Å²) in [4.78, 5) is 4.25. The van der Waals surface area contributed by atoms with Gasteiger partial charge in [0.25, 0.3) is 0 Å². The van der Waals surface area contributed by atoms with Crippen LogP contribution in [0.1, 0.15) is 11.1 Å². The van der Waals surface area contributed by atoms with Crippen LogP contribution < -0.4 is 4.18 Å². The zero-order valence-corrected chi connectivity index (χ0v) is 13.0. The highest BCUT2D eigenvalue weighted by Crippen LogP contribution is 2.28. The van der Waals surface area contributed by atoms with Gasteiger partial charge in [-0.05, 0) is 42.8 Å². The van der Waals surface area contributed by atoms with Crippen molar-refractivity contribution >= 4 is 21.0 Å². The normalized spacial score (nSPS) is 11.1. The van der Waals surface area contributed by atoms with Crippen molar-refractivity contribution in [2.45, 2.75) is 11.8 Å². The van der Waals surface area contributed by atoms with Gasteiger partial charge in [0.1, 0.15) is 11.0 Å². The molecule has 2 aromatic carbocycles. The molecule has 0 amide bonds. The van der Waals surface area contributed by atoms with Crippen molar-refractivity contribution in [3.8, 4) is 11.8 Å². The quantitative estimate of drug-likeness (QED) is 0.691. The average Bonchev–Trinajstić information content (AvgIpc) is 2.55. The number of hydrogen-bond acceptors (Lipinski definition) is 5. The van der Waals surface area contributed by atoms with Crippen LogP contribution in [0.5, 0.6) is 5.75 Å². The lowest BCUT2D eigenvalue weighted by Gasteiger charge is -2.11. The molecule has 0 atom stereocenters. The van der Waals surface area contributed by atoms with Crippen molar-refractivity contribution < 1.29 is 12.6 Å². The van der Waals surface area contributed by atoms with Gasteiger partial charge in [0, 0.05) is 11.6 Å². The van der Waals surface area contributed by atoms with E-state index in [1.54, 1.807) is 36.5 Å². The van der Waals surface area contributed by atoms with Gasteiger partial charge in [0.05, 0.1) is 11.1 Å². The summed E-state index contributed by atoms with van der Waals surface area (Å²) in [5, 5.41) is 9.55. The number of aromatic nitrogens is 1. The van der Waals surface area contributed by atoms with Gasteiger partial charge in [-0.1, -0.05) is 18.2 Å². The van der Waals surface area contributed by atoms with Crippen LogP contribution in [0.25, 0.3) is 10.9 Å². The lowest BCUT2D eigenvalue weighted by Crippen LogP contribution is -2.11.